The average Bonchev–Trinajstić information content (AvgIpc) is 3.49. The molecular weight excluding hydrogens is 523 g/mol. The smallest absolute Gasteiger partial charge is 0.307 e. The van der Waals surface area contributed by atoms with Gasteiger partial charge in [0.1, 0.15) is 12.4 Å². The fourth-order valence-corrected chi connectivity index (χ4v) is 6.30. The van der Waals surface area contributed by atoms with Gasteiger partial charge in [0.05, 0.1) is 17.6 Å². The van der Waals surface area contributed by atoms with Gasteiger partial charge in [0.25, 0.3) is 0 Å². The van der Waals surface area contributed by atoms with Gasteiger partial charge in [-0.25, -0.2) is 18.2 Å². The number of ether oxygens (including phenoxy) is 2. The van der Waals surface area contributed by atoms with E-state index >= 15 is 8.78 Å². The molecule has 40 heavy (non-hydrogen) atoms. The summed E-state index contributed by atoms with van der Waals surface area (Å²) in [6.07, 6.45) is 3.88. The first-order valence-corrected chi connectivity index (χ1v) is 13.5. The second-order valence-corrected chi connectivity index (χ2v) is 11.6. The van der Waals surface area contributed by atoms with Crippen molar-refractivity contribution in [2.75, 3.05) is 0 Å². The summed E-state index contributed by atoms with van der Waals surface area (Å²) in [6, 6.07) is 6.95. The van der Waals surface area contributed by atoms with Crippen LogP contribution in [0.2, 0.25) is 0 Å². The van der Waals surface area contributed by atoms with E-state index in [9.17, 15) is 19.4 Å². The third kappa shape index (κ3) is 4.91. The third-order valence-corrected chi connectivity index (χ3v) is 8.64. The average molecular weight is 554 g/mol. The Bertz CT molecular complexity index is 1470. The molecule has 6 nitrogen and oxygen atoms in total. The molecule has 2 N–H and O–H groups in total. The predicted molar refractivity (Wildman–Crippen MR) is 140 cm³/mol. The maximum absolute atomic E-state index is 15.0. The topological polar surface area (TPSA) is 88.9 Å². The highest BCUT2D eigenvalue weighted by molar-refractivity contribution is 5.77. The Balaban J connectivity index is 1.17. The molecular formula is C31H30F3NO5. The molecule has 3 atom stereocenters. The molecule has 6 rings (SSSR count). The summed E-state index contributed by atoms with van der Waals surface area (Å²) in [5.41, 5.74) is 2.55. The zero-order valence-electron chi connectivity index (χ0n) is 22.2. The van der Waals surface area contributed by atoms with Crippen molar-refractivity contribution in [3.8, 4) is 22.8 Å². The minimum Gasteiger partial charge on any atom is -0.484 e. The van der Waals surface area contributed by atoms with Crippen LogP contribution in [0.25, 0.3) is 11.1 Å². The largest absolute Gasteiger partial charge is 0.484 e. The van der Waals surface area contributed by atoms with Gasteiger partial charge < -0.3 is 19.7 Å². The number of carbonyl (C=O) groups is 1. The predicted octanol–water partition coefficient (Wildman–Crippen LogP) is 6.10. The van der Waals surface area contributed by atoms with Gasteiger partial charge in [-0.1, -0.05) is 0 Å². The van der Waals surface area contributed by atoms with Crippen LogP contribution < -0.4 is 9.47 Å². The molecule has 3 aliphatic carbocycles. The number of fused-ring (bicyclic) bond motifs is 3. The lowest BCUT2D eigenvalue weighted by atomic mass is 9.85. The SMILES string of the molecule is Cc1cc(F)c(COc2cc3c(cn2)[C@H]2[C@@H](C3)[C@@H]2C(=O)O)cc1-c1cc(F)c(OC2CCC(C)(O)CC2)c(F)c1. The standard InChI is InChI=1S/C31H30F3NO5/c1-15-7-23(32)18(14-39-26-12-16-8-21-27(22(16)13-35-26)28(21)30(36)37)9-20(15)17-10-24(33)29(25(34)11-17)40-19-3-5-31(2,38)6-4-19/h7,9-13,19,21,27-28,38H,3-6,8,14H2,1-2H3,(H,36,37)/t19?,21-,27-,28+,31?/m1/s1. The summed E-state index contributed by atoms with van der Waals surface area (Å²) in [5.74, 6) is -3.39. The van der Waals surface area contributed by atoms with Crippen molar-refractivity contribution in [1.82, 2.24) is 4.98 Å². The van der Waals surface area contributed by atoms with E-state index in [0.29, 0.717) is 49.1 Å². The molecule has 0 radical (unpaired) electrons. The van der Waals surface area contributed by atoms with Gasteiger partial charge in [0.15, 0.2) is 17.4 Å². The van der Waals surface area contributed by atoms with Gasteiger partial charge in [0.2, 0.25) is 5.88 Å². The number of nitrogens with zero attached hydrogens (tertiary/aromatic N) is 1. The molecule has 2 fully saturated rings. The van der Waals surface area contributed by atoms with Crippen molar-refractivity contribution in [2.45, 2.75) is 70.2 Å². The number of halogens is 3. The lowest BCUT2D eigenvalue weighted by Gasteiger charge is -2.33. The van der Waals surface area contributed by atoms with E-state index < -0.39 is 34.8 Å². The van der Waals surface area contributed by atoms with Crippen LogP contribution in [0.4, 0.5) is 13.2 Å². The first-order valence-electron chi connectivity index (χ1n) is 13.5. The van der Waals surface area contributed by atoms with Crippen molar-refractivity contribution in [3.05, 3.63) is 76.2 Å². The van der Waals surface area contributed by atoms with Crippen LogP contribution in [0.3, 0.4) is 0 Å². The van der Waals surface area contributed by atoms with Gasteiger partial charge in [-0.15, -0.1) is 0 Å². The van der Waals surface area contributed by atoms with Gasteiger partial charge in [-0.05, 0) is 104 Å². The molecule has 1 heterocycles. The molecule has 0 unspecified atom stereocenters. The number of aliphatic hydroxyl groups is 1. The Morgan fingerprint density at radius 3 is 2.45 bits per heavy atom. The van der Waals surface area contributed by atoms with Gasteiger partial charge in [-0.3, -0.25) is 4.79 Å². The summed E-state index contributed by atoms with van der Waals surface area (Å²) >= 11 is 0. The number of aliphatic carboxylic acids is 1. The van der Waals surface area contributed by atoms with Crippen LogP contribution >= 0.6 is 0 Å². The molecule has 3 aromatic rings. The molecule has 0 amide bonds. The molecule has 210 valence electrons. The molecule has 2 saturated carbocycles. The van der Waals surface area contributed by atoms with Crippen molar-refractivity contribution >= 4 is 5.97 Å². The highest BCUT2D eigenvalue weighted by Gasteiger charge is 2.59. The van der Waals surface area contributed by atoms with E-state index in [0.717, 1.165) is 11.1 Å². The molecule has 1 aromatic heterocycles. The maximum Gasteiger partial charge on any atom is 0.307 e. The minimum atomic E-state index is -0.848. The number of carboxylic acid groups (broad SMARTS) is 1. The molecule has 2 aromatic carbocycles. The lowest BCUT2D eigenvalue weighted by Crippen LogP contribution is -2.35. The quantitative estimate of drug-likeness (QED) is 0.368. The van der Waals surface area contributed by atoms with E-state index in [1.54, 1.807) is 26.1 Å². The summed E-state index contributed by atoms with van der Waals surface area (Å²) in [4.78, 5) is 15.6. The molecule has 0 saturated heterocycles. The highest BCUT2D eigenvalue weighted by atomic mass is 19.1. The monoisotopic (exact) mass is 553 g/mol. The number of aromatic nitrogens is 1. The Labute approximate surface area is 229 Å². The summed E-state index contributed by atoms with van der Waals surface area (Å²) in [6.45, 7) is 3.26. The number of carboxylic acids is 1. The number of pyridine rings is 1. The van der Waals surface area contributed by atoms with Crippen molar-refractivity contribution in [2.24, 2.45) is 11.8 Å². The zero-order chi connectivity index (χ0) is 28.3. The second kappa shape index (κ2) is 9.80. The zero-order valence-corrected chi connectivity index (χ0v) is 22.2. The van der Waals surface area contributed by atoms with Crippen LogP contribution in [-0.2, 0) is 17.8 Å². The van der Waals surface area contributed by atoms with Crippen LogP contribution in [0.5, 0.6) is 11.6 Å². The lowest BCUT2D eigenvalue weighted by molar-refractivity contribution is -0.139. The van der Waals surface area contributed by atoms with Gasteiger partial charge in [-0.2, -0.15) is 0 Å². The van der Waals surface area contributed by atoms with E-state index in [1.807, 2.05) is 0 Å². The summed E-state index contributed by atoms with van der Waals surface area (Å²) < 4.78 is 56.3. The van der Waals surface area contributed by atoms with Gasteiger partial charge >= 0.3 is 5.97 Å². The maximum atomic E-state index is 15.0. The van der Waals surface area contributed by atoms with E-state index in [-0.39, 0.29) is 41.6 Å². The summed E-state index contributed by atoms with van der Waals surface area (Å²) in [7, 11) is 0. The van der Waals surface area contributed by atoms with Crippen molar-refractivity contribution in [3.63, 3.8) is 0 Å². The normalized spacial score (nSPS) is 26.6. The Hall–Kier alpha value is -3.59. The van der Waals surface area contributed by atoms with Crippen LogP contribution in [0.1, 0.15) is 60.8 Å². The molecule has 0 spiro atoms. The molecule has 3 aliphatic rings. The van der Waals surface area contributed by atoms with E-state index in [4.69, 9.17) is 9.47 Å². The number of hydrogen-bond donors (Lipinski definition) is 2. The molecule has 0 bridgehead atoms. The van der Waals surface area contributed by atoms with E-state index in [1.165, 1.54) is 24.3 Å². The number of hydrogen-bond acceptors (Lipinski definition) is 5. The Morgan fingerprint density at radius 2 is 1.77 bits per heavy atom. The van der Waals surface area contributed by atoms with Crippen molar-refractivity contribution < 1.29 is 37.7 Å². The number of rotatable bonds is 7. The number of aryl methyl sites for hydroxylation is 1. The molecule has 0 aliphatic heterocycles. The van der Waals surface area contributed by atoms with Crippen LogP contribution in [0.15, 0.2) is 36.5 Å². The highest BCUT2D eigenvalue weighted by Crippen LogP contribution is 2.61. The first kappa shape index (κ1) is 26.6. The fraction of sp³-hybridized carbons (Fsp3) is 0.419. The van der Waals surface area contributed by atoms with Crippen LogP contribution in [-0.4, -0.2) is 32.9 Å². The summed E-state index contributed by atoms with van der Waals surface area (Å²) in [5, 5.41) is 19.4. The van der Waals surface area contributed by atoms with Gasteiger partial charge in [0, 0.05) is 23.7 Å². The fourth-order valence-electron chi connectivity index (χ4n) is 6.30. The van der Waals surface area contributed by atoms with Crippen LogP contribution in [0, 0.1) is 36.2 Å². The minimum absolute atomic E-state index is 0.00254. The third-order valence-electron chi connectivity index (χ3n) is 8.64. The molecule has 9 heteroatoms. The van der Waals surface area contributed by atoms with Crippen molar-refractivity contribution in [1.29, 1.82) is 0 Å². The van der Waals surface area contributed by atoms with E-state index in [2.05, 4.69) is 4.98 Å². The second-order valence-electron chi connectivity index (χ2n) is 11.6. The Morgan fingerprint density at radius 1 is 1.07 bits per heavy atom. The Kier molecular flexibility index (Phi) is 6.52. The number of benzene rings is 2. The first-order chi connectivity index (χ1) is 19.0.